The van der Waals surface area contributed by atoms with Gasteiger partial charge in [0.05, 0.1) is 23.3 Å². The van der Waals surface area contributed by atoms with Crippen LogP contribution in [0.5, 0.6) is 11.5 Å². The molecule has 0 aliphatic heterocycles. The average Bonchev–Trinajstić information content (AvgIpc) is 3.01. The third kappa shape index (κ3) is 8.82. The fraction of sp³-hybridized carbons (Fsp3) is 0.200. The van der Waals surface area contributed by atoms with Gasteiger partial charge >= 0.3 is 11.9 Å². The van der Waals surface area contributed by atoms with Crippen molar-refractivity contribution in [3.63, 3.8) is 0 Å². The van der Waals surface area contributed by atoms with Crippen LogP contribution in [0.25, 0.3) is 22.3 Å². The fourth-order valence-electron chi connectivity index (χ4n) is 4.47. The summed E-state index contributed by atoms with van der Waals surface area (Å²) in [4.78, 5) is 24.4. The molecule has 0 amide bonds. The Hall–Kier alpha value is -5.34. The van der Waals surface area contributed by atoms with E-state index in [2.05, 4.69) is 0 Å². The Labute approximate surface area is 248 Å². The van der Waals surface area contributed by atoms with Crippen molar-refractivity contribution < 1.29 is 27.8 Å². The van der Waals surface area contributed by atoms with Crippen molar-refractivity contribution in [2.75, 3.05) is 0 Å². The highest BCUT2D eigenvalue weighted by molar-refractivity contribution is 5.74. The molecule has 0 aliphatic rings. The zero-order chi connectivity index (χ0) is 30.6. The van der Waals surface area contributed by atoms with Gasteiger partial charge in [-0.05, 0) is 72.5 Å². The highest BCUT2D eigenvalue weighted by Crippen LogP contribution is 2.28. The quantitative estimate of drug-likeness (QED) is 0.0953. The van der Waals surface area contributed by atoms with Crippen molar-refractivity contribution in [3.8, 4) is 45.9 Å². The van der Waals surface area contributed by atoms with Crippen LogP contribution in [-0.2, 0) is 9.59 Å². The van der Waals surface area contributed by atoms with Gasteiger partial charge in [-0.25, -0.2) is 8.78 Å². The minimum absolute atomic E-state index is 0.127. The molecule has 0 N–H and O–H groups in total. The normalized spacial score (nSPS) is 10.4. The van der Waals surface area contributed by atoms with E-state index in [0.717, 1.165) is 19.3 Å². The van der Waals surface area contributed by atoms with Gasteiger partial charge in [-0.1, -0.05) is 43.5 Å². The summed E-state index contributed by atoms with van der Waals surface area (Å²) in [7, 11) is 0. The fourth-order valence-corrected chi connectivity index (χ4v) is 4.47. The summed E-state index contributed by atoms with van der Waals surface area (Å²) < 4.78 is 39.7. The Morgan fingerprint density at radius 2 is 0.930 bits per heavy atom. The Morgan fingerprint density at radius 1 is 0.558 bits per heavy atom. The Kier molecular flexibility index (Phi) is 10.7. The molecule has 43 heavy (non-hydrogen) atoms. The lowest BCUT2D eigenvalue weighted by Crippen LogP contribution is -2.08. The minimum Gasteiger partial charge on any atom is -0.426 e. The molecule has 0 saturated heterocycles. The molecule has 6 nitrogen and oxygen atoms in total. The number of unbranched alkanes of at least 4 members (excludes halogenated alkanes) is 4. The first-order valence-corrected chi connectivity index (χ1v) is 13.9. The molecule has 0 fully saturated rings. The van der Waals surface area contributed by atoms with E-state index in [0.29, 0.717) is 46.2 Å². The van der Waals surface area contributed by atoms with Gasteiger partial charge in [0.2, 0.25) is 0 Å². The third-order valence-electron chi connectivity index (χ3n) is 6.76. The second kappa shape index (κ2) is 15.0. The molecule has 216 valence electrons. The van der Waals surface area contributed by atoms with Crippen molar-refractivity contribution in [2.45, 2.75) is 44.9 Å². The predicted octanol–water partition coefficient (Wildman–Crippen LogP) is 8.28. The maximum absolute atomic E-state index is 14.6. The van der Waals surface area contributed by atoms with Crippen LogP contribution < -0.4 is 9.47 Å². The zero-order valence-corrected chi connectivity index (χ0v) is 23.3. The topological polar surface area (TPSA) is 100 Å². The number of carbonyl (C=O) groups is 2. The maximum atomic E-state index is 14.6. The van der Waals surface area contributed by atoms with Crippen LogP contribution in [-0.4, -0.2) is 11.9 Å². The van der Waals surface area contributed by atoms with Crippen molar-refractivity contribution in [3.05, 3.63) is 108 Å². The first kappa shape index (κ1) is 30.6. The number of esters is 2. The number of benzene rings is 4. The summed E-state index contributed by atoms with van der Waals surface area (Å²) in [5, 5.41) is 17.8. The lowest BCUT2D eigenvalue weighted by atomic mass is 10.0. The molecular weight excluding hydrogens is 550 g/mol. The Balaban J connectivity index is 1.11. The molecule has 0 spiro atoms. The van der Waals surface area contributed by atoms with Gasteiger partial charge in [-0.2, -0.15) is 10.5 Å². The van der Waals surface area contributed by atoms with E-state index in [1.165, 1.54) is 36.4 Å². The van der Waals surface area contributed by atoms with Gasteiger partial charge in [-0.3, -0.25) is 9.59 Å². The second-order valence-corrected chi connectivity index (χ2v) is 9.88. The molecule has 0 aliphatic carbocycles. The van der Waals surface area contributed by atoms with Crippen LogP contribution in [0, 0.1) is 34.3 Å². The third-order valence-corrected chi connectivity index (χ3v) is 6.76. The van der Waals surface area contributed by atoms with Crippen molar-refractivity contribution in [2.24, 2.45) is 0 Å². The number of nitriles is 2. The van der Waals surface area contributed by atoms with Gasteiger partial charge in [0.25, 0.3) is 0 Å². The second-order valence-electron chi connectivity index (χ2n) is 9.88. The van der Waals surface area contributed by atoms with E-state index in [9.17, 15) is 18.4 Å². The number of hydrogen-bond donors (Lipinski definition) is 0. The summed E-state index contributed by atoms with van der Waals surface area (Å²) in [6.07, 6.45) is 3.90. The van der Waals surface area contributed by atoms with Crippen LogP contribution in [0.1, 0.15) is 56.1 Å². The maximum Gasteiger partial charge on any atom is 0.311 e. The van der Waals surface area contributed by atoms with E-state index in [1.54, 1.807) is 48.5 Å². The Morgan fingerprint density at radius 3 is 1.28 bits per heavy atom. The zero-order valence-electron chi connectivity index (χ0n) is 23.3. The van der Waals surface area contributed by atoms with E-state index >= 15 is 0 Å². The first-order valence-electron chi connectivity index (χ1n) is 13.9. The van der Waals surface area contributed by atoms with Gasteiger partial charge in [-0.15, -0.1) is 0 Å². The first-order chi connectivity index (χ1) is 20.9. The number of nitrogens with zero attached hydrogens (tertiary/aromatic N) is 2. The van der Waals surface area contributed by atoms with Crippen LogP contribution in [0.2, 0.25) is 0 Å². The van der Waals surface area contributed by atoms with Gasteiger partial charge in [0.1, 0.15) is 23.1 Å². The van der Waals surface area contributed by atoms with Crippen LogP contribution in [0.3, 0.4) is 0 Å². The number of carbonyl (C=O) groups excluding carboxylic acids is 2. The number of rotatable bonds is 12. The Bertz CT molecular complexity index is 1550. The number of hydrogen-bond acceptors (Lipinski definition) is 6. The summed E-state index contributed by atoms with van der Waals surface area (Å²) in [6, 6.07) is 25.6. The molecular formula is C35H28F2N2O4. The van der Waals surface area contributed by atoms with Gasteiger partial charge in [0, 0.05) is 36.1 Å². The van der Waals surface area contributed by atoms with Crippen molar-refractivity contribution >= 4 is 11.9 Å². The molecule has 4 aromatic rings. The highest BCUT2D eigenvalue weighted by Gasteiger charge is 2.12. The van der Waals surface area contributed by atoms with Crippen LogP contribution >= 0.6 is 0 Å². The molecule has 0 unspecified atom stereocenters. The summed E-state index contributed by atoms with van der Waals surface area (Å²) in [5.74, 6) is -1.71. The largest absolute Gasteiger partial charge is 0.426 e. The lowest BCUT2D eigenvalue weighted by molar-refractivity contribution is -0.135. The van der Waals surface area contributed by atoms with E-state index in [1.807, 2.05) is 12.1 Å². The van der Waals surface area contributed by atoms with Gasteiger partial charge in [0.15, 0.2) is 0 Å². The molecule has 4 aromatic carbocycles. The van der Waals surface area contributed by atoms with Gasteiger partial charge < -0.3 is 9.47 Å². The molecule has 0 atom stereocenters. The summed E-state index contributed by atoms with van der Waals surface area (Å²) >= 11 is 0. The lowest BCUT2D eigenvalue weighted by Gasteiger charge is -2.08. The molecule has 0 radical (unpaired) electrons. The monoisotopic (exact) mass is 578 g/mol. The van der Waals surface area contributed by atoms with E-state index < -0.39 is 23.6 Å². The van der Waals surface area contributed by atoms with Crippen LogP contribution in [0.15, 0.2) is 84.9 Å². The standard InChI is InChI=1S/C35H28F2N2O4/c36-32-20-28(16-18-30(32)26-12-8-24(22-38)9-13-26)42-34(40)6-4-2-1-3-5-7-35(41)43-29-17-19-31(33(37)21-29)27-14-10-25(23-39)11-15-27/h8-21H,1-7H2. The minimum atomic E-state index is -0.529. The summed E-state index contributed by atoms with van der Waals surface area (Å²) in [6.45, 7) is 0. The van der Waals surface area contributed by atoms with Crippen molar-refractivity contribution in [1.29, 1.82) is 10.5 Å². The van der Waals surface area contributed by atoms with E-state index in [-0.39, 0.29) is 24.3 Å². The van der Waals surface area contributed by atoms with Crippen molar-refractivity contribution in [1.82, 2.24) is 0 Å². The molecule has 4 rings (SSSR count). The highest BCUT2D eigenvalue weighted by atomic mass is 19.1. The molecule has 0 saturated carbocycles. The summed E-state index contributed by atoms with van der Waals surface area (Å²) in [5.41, 5.74) is 2.89. The number of halogens is 2. The van der Waals surface area contributed by atoms with Crippen LogP contribution in [0.4, 0.5) is 8.78 Å². The smallest absolute Gasteiger partial charge is 0.311 e. The predicted molar refractivity (Wildman–Crippen MR) is 157 cm³/mol. The molecule has 0 aromatic heterocycles. The van der Waals surface area contributed by atoms with E-state index in [4.69, 9.17) is 20.0 Å². The number of ether oxygens (including phenoxy) is 2. The molecule has 0 bridgehead atoms. The molecule has 8 heteroatoms. The average molecular weight is 579 g/mol. The SMILES string of the molecule is N#Cc1ccc(-c2ccc(OC(=O)CCCCCCCC(=O)Oc3ccc(-c4ccc(C#N)cc4)c(F)c3)cc2F)cc1. The molecule has 0 heterocycles.